The fourth-order valence-electron chi connectivity index (χ4n) is 2.66. The van der Waals surface area contributed by atoms with Crippen LogP contribution in [-0.4, -0.2) is 34.8 Å². The molecule has 20 heavy (non-hydrogen) atoms. The van der Waals surface area contributed by atoms with Crippen LogP contribution < -0.4 is 0 Å². The number of aromatic nitrogens is 2. The molecule has 1 aromatic heterocycles. The average Bonchev–Trinajstić information content (AvgIpc) is 3.03. The summed E-state index contributed by atoms with van der Waals surface area (Å²) in [5.74, 6) is 0.449. The second-order valence-electron chi connectivity index (χ2n) is 4.98. The molecule has 106 valence electrons. The quantitative estimate of drug-likeness (QED) is 0.867. The van der Waals surface area contributed by atoms with Crippen LogP contribution in [0.3, 0.4) is 0 Å². The maximum atomic E-state index is 12.3. The van der Waals surface area contributed by atoms with E-state index in [1.165, 1.54) is 32.6 Å². The summed E-state index contributed by atoms with van der Waals surface area (Å²) in [6, 6.07) is 10.3. The molecule has 5 nitrogen and oxygen atoms in total. The number of nitrogens with zero attached hydrogens (tertiary/aromatic N) is 3. The minimum atomic E-state index is -3.44. The molecule has 0 N–H and O–H groups in total. The number of hydrogen-bond acceptors (Lipinski definition) is 3. The Kier molecular flexibility index (Phi) is 3.58. The molecular weight excluding hydrogens is 274 g/mol. The largest absolute Gasteiger partial charge is 0.308 e. The maximum absolute atomic E-state index is 12.3. The molecule has 1 fully saturated rings. The van der Waals surface area contributed by atoms with E-state index in [0.717, 1.165) is 12.8 Å². The van der Waals surface area contributed by atoms with Gasteiger partial charge in [0.15, 0.2) is 0 Å². The van der Waals surface area contributed by atoms with Crippen molar-refractivity contribution in [1.82, 2.24) is 13.3 Å². The van der Waals surface area contributed by atoms with Crippen molar-refractivity contribution in [3.63, 3.8) is 0 Å². The van der Waals surface area contributed by atoms with Gasteiger partial charge in [-0.05, 0) is 24.3 Å². The second kappa shape index (κ2) is 5.38. The van der Waals surface area contributed by atoms with Crippen LogP contribution in [0.2, 0.25) is 0 Å². The Bertz CT molecular complexity index is 645. The van der Waals surface area contributed by atoms with E-state index in [0.29, 0.717) is 19.0 Å². The average molecular weight is 291 g/mol. The zero-order valence-corrected chi connectivity index (χ0v) is 11.9. The molecule has 0 atom stereocenters. The Morgan fingerprint density at radius 1 is 1.10 bits per heavy atom. The van der Waals surface area contributed by atoms with Crippen molar-refractivity contribution in [3.05, 3.63) is 54.6 Å². The molecule has 0 radical (unpaired) electrons. The van der Waals surface area contributed by atoms with Gasteiger partial charge in [-0.25, -0.2) is 8.96 Å². The van der Waals surface area contributed by atoms with E-state index in [4.69, 9.17) is 0 Å². The van der Waals surface area contributed by atoms with E-state index < -0.39 is 10.2 Å². The van der Waals surface area contributed by atoms with Crippen LogP contribution in [0.25, 0.3) is 0 Å². The zero-order chi connectivity index (χ0) is 14.0. The van der Waals surface area contributed by atoms with Crippen molar-refractivity contribution in [1.29, 1.82) is 0 Å². The van der Waals surface area contributed by atoms with Crippen molar-refractivity contribution in [2.45, 2.75) is 18.8 Å². The highest BCUT2D eigenvalue weighted by molar-refractivity contribution is 7.87. The van der Waals surface area contributed by atoms with Gasteiger partial charge >= 0.3 is 10.2 Å². The number of imidazole rings is 1. The minimum Gasteiger partial charge on any atom is -0.244 e. The van der Waals surface area contributed by atoms with Gasteiger partial charge in [0.05, 0.1) is 0 Å². The Morgan fingerprint density at radius 2 is 1.80 bits per heavy atom. The van der Waals surface area contributed by atoms with Gasteiger partial charge in [0.1, 0.15) is 6.33 Å². The molecule has 0 saturated carbocycles. The van der Waals surface area contributed by atoms with Crippen LogP contribution in [0.1, 0.15) is 24.3 Å². The number of hydrogen-bond donors (Lipinski definition) is 0. The van der Waals surface area contributed by atoms with E-state index in [9.17, 15) is 8.42 Å². The van der Waals surface area contributed by atoms with E-state index in [1.54, 1.807) is 0 Å². The summed E-state index contributed by atoms with van der Waals surface area (Å²) in [4.78, 5) is 3.80. The third-order valence-electron chi connectivity index (χ3n) is 3.80. The lowest BCUT2D eigenvalue weighted by Crippen LogP contribution is -2.40. The molecule has 0 bridgehead atoms. The number of rotatable bonds is 3. The van der Waals surface area contributed by atoms with E-state index in [2.05, 4.69) is 17.1 Å². The SMILES string of the molecule is O=S(=O)(N1CCC(c2ccccc2)CC1)n1ccnc1. The molecule has 3 rings (SSSR count). The highest BCUT2D eigenvalue weighted by Gasteiger charge is 2.29. The first-order valence-corrected chi connectivity index (χ1v) is 8.11. The van der Waals surface area contributed by atoms with E-state index in [-0.39, 0.29) is 0 Å². The molecule has 1 aliphatic rings. The highest BCUT2D eigenvalue weighted by Crippen LogP contribution is 2.29. The Labute approximate surface area is 119 Å². The first-order valence-electron chi connectivity index (χ1n) is 6.71. The van der Waals surface area contributed by atoms with Crippen LogP contribution in [-0.2, 0) is 10.2 Å². The molecule has 1 aromatic carbocycles. The lowest BCUT2D eigenvalue weighted by atomic mass is 9.90. The molecule has 1 saturated heterocycles. The van der Waals surface area contributed by atoms with E-state index >= 15 is 0 Å². The van der Waals surface area contributed by atoms with Crippen LogP contribution in [0, 0.1) is 0 Å². The predicted octanol–water partition coefficient (Wildman–Crippen LogP) is 1.86. The normalized spacial score (nSPS) is 18.2. The van der Waals surface area contributed by atoms with Crippen molar-refractivity contribution in [2.75, 3.05) is 13.1 Å². The topological polar surface area (TPSA) is 55.2 Å². The van der Waals surface area contributed by atoms with Crippen LogP contribution >= 0.6 is 0 Å². The lowest BCUT2D eigenvalue weighted by Gasteiger charge is -2.31. The van der Waals surface area contributed by atoms with E-state index in [1.807, 2.05) is 18.2 Å². The molecule has 1 aliphatic heterocycles. The summed E-state index contributed by atoms with van der Waals surface area (Å²) in [5, 5.41) is 0. The third kappa shape index (κ3) is 2.48. The summed E-state index contributed by atoms with van der Waals surface area (Å²) < 4.78 is 27.4. The second-order valence-corrected chi connectivity index (χ2v) is 6.82. The van der Waals surface area contributed by atoms with Gasteiger partial charge in [-0.15, -0.1) is 0 Å². The lowest BCUT2D eigenvalue weighted by molar-refractivity contribution is 0.316. The minimum absolute atomic E-state index is 0.449. The van der Waals surface area contributed by atoms with Crippen LogP contribution in [0.5, 0.6) is 0 Å². The van der Waals surface area contributed by atoms with Gasteiger partial charge in [0.2, 0.25) is 0 Å². The Hall–Kier alpha value is -1.66. The first kappa shape index (κ1) is 13.3. The molecular formula is C14H17N3O2S. The molecule has 0 spiro atoms. The summed E-state index contributed by atoms with van der Waals surface area (Å²) >= 11 is 0. The van der Waals surface area contributed by atoms with Crippen LogP contribution in [0.4, 0.5) is 0 Å². The summed E-state index contributed by atoms with van der Waals surface area (Å²) in [6.07, 6.45) is 6.00. The monoisotopic (exact) mass is 291 g/mol. The Balaban J connectivity index is 1.70. The smallest absolute Gasteiger partial charge is 0.244 e. The van der Waals surface area contributed by atoms with Gasteiger partial charge in [0.25, 0.3) is 0 Å². The van der Waals surface area contributed by atoms with Gasteiger partial charge < -0.3 is 0 Å². The molecule has 0 unspecified atom stereocenters. The molecule has 0 aliphatic carbocycles. The molecule has 2 aromatic rings. The van der Waals surface area contributed by atoms with Crippen molar-refractivity contribution in [3.8, 4) is 0 Å². The molecule has 6 heteroatoms. The standard InChI is InChI=1S/C14H17N3O2S/c18-20(19,17-11-8-15-12-17)16-9-6-14(7-10-16)13-4-2-1-3-5-13/h1-5,8,11-12,14H,6-7,9-10H2. The van der Waals surface area contributed by atoms with Crippen molar-refractivity contribution < 1.29 is 8.42 Å². The van der Waals surface area contributed by atoms with Gasteiger partial charge in [-0.1, -0.05) is 30.3 Å². The maximum Gasteiger partial charge on any atom is 0.308 e. The third-order valence-corrected chi connectivity index (χ3v) is 5.56. The van der Waals surface area contributed by atoms with Gasteiger partial charge in [-0.2, -0.15) is 12.7 Å². The van der Waals surface area contributed by atoms with Gasteiger partial charge in [0, 0.05) is 25.5 Å². The fourth-order valence-corrected chi connectivity index (χ4v) is 3.98. The number of piperidine rings is 1. The molecule has 2 heterocycles. The summed E-state index contributed by atoms with van der Waals surface area (Å²) in [5.41, 5.74) is 1.30. The molecule has 0 amide bonds. The highest BCUT2D eigenvalue weighted by atomic mass is 32.2. The Morgan fingerprint density at radius 3 is 2.40 bits per heavy atom. The first-order chi connectivity index (χ1) is 9.68. The van der Waals surface area contributed by atoms with Crippen molar-refractivity contribution in [2.24, 2.45) is 0 Å². The number of benzene rings is 1. The fraction of sp³-hybridized carbons (Fsp3) is 0.357. The van der Waals surface area contributed by atoms with Crippen LogP contribution in [0.15, 0.2) is 49.1 Å². The van der Waals surface area contributed by atoms with Gasteiger partial charge in [-0.3, -0.25) is 0 Å². The zero-order valence-electron chi connectivity index (χ0n) is 11.1. The predicted molar refractivity (Wildman–Crippen MR) is 76.5 cm³/mol. The summed E-state index contributed by atoms with van der Waals surface area (Å²) in [6.45, 7) is 1.11. The summed E-state index contributed by atoms with van der Waals surface area (Å²) in [7, 11) is -3.44. The van der Waals surface area contributed by atoms with Crippen molar-refractivity contribution >= 4 is 10.2 Å².